The maximum absolute atomic E-state index is 11.0. The van der Waals surface area contributed by atoms with E-state index in [-0.39, 0.29) is 0 Å². The molecule has 146 valence electrons. The van der Waals surface area contributed by atoms with Crippen LogP contribution in [0.5, 0.6) is 0 Å². The van der Waals surface area contributed by atoms with Gasteiger partial charge < -0.3 is 15.3 Å². The second-order valence-electron chi connectivity index (χ2n) is 7.24. The van der Waals surface area contributed by atoms with Crippen LogP contribution in [0.15, 0.2) is 35.8 Å². The van der Waals surface area contributed by atoms with Gasteiger partial charge in [-0.1, -0.05) is 35.3 Å². The first kappa shape index (κ1) is 19.3. The first-order valence-corrected chi connectivity index (χ1v) is 10.6. The summed E-state index contributed by atoms with van der Waals surface area (Å²) in [6.45, 7) is 3.44. The minimum absolute atomic E-state index is 0.398. The Morgan fingerprint density at radius 2 is 2.00 bits per heavy atom. The number of fused-ring (bicyclic) bond motifs is 1. The smallest absolute Gasteiger partial charge is 0.405 e. The van der Waals surface area contributed by atoms with Crippen LogP contribution in [0.2, 0.25) is 10.0 Å². The summed E-state index contributed by atoms with van der Waals surface area (Å²) >= 11 is 14.3. The predicted molar refractivity (Wildman–Crippen MR) is 116 cm³/mol. The van der Waals surface area contributed by atoms with Gasteiger partial charge in [0.05, 0.1) is 10.0 Å². The van der Waals surface area contributed by atoms with E-state index in [0.717, 1.165) is 53.0 Å². The lowest BCUT2D eigenvalue weighted by Crippen LogP contribution is -2.53. The summed E-state index contributed by atoms with van der Waals surface area (Å²) in [6.07, 6.45) is 2.34. The number of pyridine rings is 1. The maximum atomic E-state index is 11.0. The Morgan fingerprint density at radius 1 is 1.25 bits per heavy atom. The van der Waals surface area contributed by atoms with Crippen molar-refractivity contribution in [2.24, 2.45) is 0 Å². The van der Waals surface area contributed by atoms with Crippen molar-refractivity contribution < 1.29 is 9.90 Å². The summed E-state index contributed by atoms with van der Waals surface area (Å²) in [5.74, 6) is 0.926. The van der Waals surface area contributed by atoms with E-state index in [1.54, 1.807) is 17.4 Å². The van der Waals surface area contributed by atoms with Gasteiger partial charge in [-0.05, 0) is 37.3 Å². The van der Waals surface area contributed by atoms with E-state index in [4.69, 9.17) is 33.3 Å². The molecule has 3 aromatic rings. The highest BCUT2D eigenvalue weighted by Gasteiger charge is 2.32. The molecule has 1 amide bonds. The molecular weight excluding hydrogens is 417 g/mol. The molecule has 8 heteroatoms. The molecule has 2 aromatic heterocycles. The van der Waals surface area contributed by atoms with Crippen LogP contribution in [0.1, 0.15) is 19.8 Å². The van der Waals surface area contributed by atoms with E-state index in [2.05, 4.69) is 21.7 Å². The molecule has 0 saturated carbocycles. The number of carboxylic acid groups (broad SMARTS) is 1. The van der Waals surface area contributed by atoms with Crippen LogP contribution in [0.25, 0.3) is 21.2 Å². The number of aromatic nitrogens is 1. The number of carbonyl (C=O) groups is 1. The lowest BCUT2D eigenvalue weighted by atomic mass is 9.89. The molecule has 1 aliphatic heterocycles. The lowest BCUT2D eigenvalue weighted by Gasteiger charge is -2.40. The number of rotatable bonds is 3. The summed E-state index contributed by atoms with van der Waals surface area (Å²) in [6, 6.07) is 7.69. The zero-order valence-corrected chi connectivity index (χ0v) is 17.5. The molecule has 4 rings (SSSR count). The number of benzene rings is 1. The van der Waals surface area contributed by atoms with Crippen LogP contribution in [0.3, 0.4) is 0 Å². The largest absolute Gasteiger partial charge is 0.465 e. The minimum atomic E-state index is -0.975. The van der Waals surface area contributed by atoms with Gasteiger partial charge in [0.1, 0.15) is 5.82 Å². The number of thiophene rings is 1. The van der Waals surface area contributed by atoms with Crippen molar-refractivity contribution in [1.82, 2.24) is 10.3 Å². The number of anilines is 1. The second kappa shape index (κ2) is 7.43. The zero-order valence-electron chi connectivity index (χ0n) is 15.2. The predicted octanol–water partition coefficient (Wildman–Crippen LogP) is 5.90. The zero-order chi connectivity index (χ0) is 19.9. The molecule has 3 heterocycles. The van der Waals surface area contributed by atoms with Crippen molar-refractivity contribution in [3.05, 3.63) is 45.9 Å². The molecule has 5 nitrogen and oxygen atoms in total. The Balaban J connectivity index is 1.67. The monoisotopic (exact) mass is 435 g/mol. The Morgan fingerprint density at radius 3 is 2.71 bits per heavy atom. The molecule has 1 fully saturated rings. The van der Waals surface area contributed by atoms with Gasteiger partial charge in [0, 0.05) is 46.0 Å². The third kappa shape index (κ3) is 3.52. The van der Waals surface area contributed by atoms with Crippen LogP contribution in [-0.4, -0.2) is 34.8 Å². The van der Waals surface area contributed by atoms with E-state index in [1.807, 2.05) is 25.3 Å². The molecule has 28 heavy (non-hydrogen) atoms. The van der Waals surface area contributed by atoms with Gasteiger partial charge in [0.15, 0.2) is 0 Å². The number of halogens is 2. The van der Waals surface area contributed by atoms with Gasteiger partial charge in [-0.25, -0.2) is 9.78 Å². The topological polar surface area (TPSA) is 65.5 Å². The fraction of sp³-hybridized carbons (Fsp3) is 0.300. The van der Waals surface area contributed by atoms with Crippen LogP contribution in [-0.2, 0) is 0 Å². The number of hydrogen-bond donors (Lipinski definition) is 2. The Labute approximate surface area is 176 Å². The molecule has 1 saturated heterocycles. The highest BCUT2D eigenvalue weighted by Crippen LogP contribution is 2.41. The van der Waals surface area contributed by atoms with Gasteiger partial charge in [-0.3, -0.25) is 0 Å². The van der Waals surface area contributed by atoms with Crippen molar-refractivity contribution in [2.45, 2.75) is 25.3 Å². The fourth-order valence-electron chi connectivity index (χ4n) is 3.70. The lowest BCUT2D eigenvalue weighted by molar-refractivity contribution is 0.173. The number of piperidine rings is 1. The van der Waals surface area contributed by atoms with E-state index in [9.17, 15) is 4.79 Å². The van der Waals surface area contributed by atoms with Crippen LogP contribution < -0.4 is 10.2 Å². The van der Waals surface area contributed by atoms with Gasteiger partial charge in [0.25, 0.3) is 0 Å². The fourth-order valence-corrected chi connectivity index (χ4v) is 5.02. The van der Waals surface area contributed by atoms with Crippen molar-refractivity contribution in [1.29, 1.82) is 0 Å². The van der Waals surface area contributed by atoms with Crippen molar-refractivity contribution >= 4 is 56.5 Å². The number of hydrogen-bond acceptors (Lipinski definition) is 4. The quantitative estimate of drug-likeness (QED) is 0.537. The summed E-state index contributed by atoms with van der Waals surface area (Å²) in [7, 11) is 0. The highest BCUT2D eigenvalue weighted by molar-refractivity contribution is 7.17. The second-order valence-corrected chi connectivity index (χ2v) is 8.94. The summed E-state index contributed by atoms with van der Waals surface area (Å²) in [5, 5.41) is 15.9. The molecule has 2 N–H and O–H groups in total. The minimum Gasteiger partial charge on any atom is -0.465 e. The van der Waals surface area contributed by atoms with Crippen molar-refractivity contribution in [3.8, 4) is 11.1 Å². The van der Waals surface area contributed by atoms with Crippen LogP contribution in [0, 0.1) is 0 Å². The molecule has 0 spiro atoms. The summed E-state index contributed by atoms with van der Waals surface area (Å²) in [4.78, 5) is 18.0. The average Bonchev–Trinajstić information content (AvgIpc) is 3.13. The molecule has 0 aliphatic carbocycles. The molecular formula is C20H19Cl2N3O2S. The Kier molecular flexibility index (Phi) is 5.12. The van der Waals surface area contributed by atoms with E-state index < -0.39 is 11.6 Å². The first-order chi connectivity index (χ1) is 13.4. The van der Waals surface area contributed by atoms with Crippen LogP contribution >= 0.6 is 34.5 Å². The number of nitrogens with one attached hydrogen (secondary N) is 1. The Hall–Kier alpha value is -2.02. The van der Waals surface area contributed by atoms with Crippen molar-refractivity contribution in [2.75, 3.05) is 18.0 Å². The SMILES string of the molecule is CC1(NC(=O)O)CCN(c2ncc(-c3cccc(Cl)c3Cl)c3sccc23)CC1. The van der Waals surface area contributed by atoms with E-state index in [0.29, 0.717) is 10.0 Å². The van der Waals surface area contributed by atoms with Crippen LogP contribution in [0.4, 0.5) is 10.6 Å². The summed E-state index contributed by atoms with van der Waals surface area (Å²) < 4.78 is 1.12. The van der Waals surface area contributed by atoms with Crippen molar-refractivity contribution in [3.63, 3.8) is 0 Å². The van der Waals surface area contributed by atoms with E-state index >= 15 is 0 Å². The average molecular weight is 436 g/mol. The highest BCUT2D eigenvalue weighted by atomic mass is 35.5. The summed E-state index contributed by atoms with van der Waals surface area (Å²) in [5.41, 5.74) is 1.44. The first-order valence-electron chi connectivity index (χ1n) is 8.95. The molecule has 1 aliphatic rings. The molecule has 0 unspecified atom stereocenters. The molecule has 0 bridgehead atoms. The third-order valence-corrected chi connectivity index (χ3v) is 7.05. The van der Waals surface area contributed by atoms with Gasteiger partial charge in [-0.15, -0.1) is 11.3 Å². The molecule has 0 atom stereocenters. The molecule has 0 radical (unpaired) electrons. The standard InChI is InChI=1S/C20H19Cl2N3O2S/c1-20(24-19(26)27)6-8-25(9-7-20)18-13-5-10-28-17(13)14(11-23-18)12-3-2-4-15(21)16(12)22/h2-5,10-11,24H,6-9H2,1H3,(H,26,27). The number of nitrogens with zero attached hydrogens (tertiary/aromatic N) is 2. The Bertz CT molecular complexity index is 1050. The van der Waals surface area contributed by atoms with Gasteiger partial charge in [0.2, 0.25) is 0 Å². The normalized spacial score (nSPS) is 16.3. The maximum Gasteiger partial charge on any atom is 0.405 e. The van der Waals surface area contributed by atoms with Gasteiger partial charge in [-0.2, -0.15) is 0 Å². The number of amides is 1. The molecule has 1 aromatic carbocycles. The van der Waals surface area contributed by atoms with Gasteiger partial charge >= 0.3 is 6.09 Å². The van der Waals surface area contributed by atoms with E-state index in [1.165, 1.54) is 0 Å². The third-order valence-electron chi connectivity index (χ3n) is 5.28.